The van der Waals surface area contributed by atoms with E-state index in [1.54, 1.807) is 29.2 Å². The summed E-state index contributed by atoms with van der Waals surface area (Å²) in [7, 11) is -1.83. The Bertz CT molecular complexity index is 1170. The smallest absolute Gasteiger partial charge is 0.243 e. The van der Waals surface area contributed by atoms with Crippen LogP contribution in [-0.4, -0.2) is 40.7 Å². The lowest BCUT2D eigenvalue weighted by Crippen LogP contribution is -2.43. The zero-order chi connectivity index (χ0) is 22.7. The Kier molecular flexibility index (Phi) is 6.83. The van der Waals surface area contributed by atoms with Gasteiger partial charge in [-0.2, -0.15) is 4.31 Å². The highest BCUT2D eigenvalue weighted by atomic mass is 79.9. The number of halogens is 1. The van der Waals surface area contributed by atoms with Crippen molar-refractivity contribution < 1.29 is 13.2 Å². The van der Waals surface area contributed by atoms with Crippen molar-refractivity contribution in [3.63, 3.8) is 0 Å². The van der Waals surface area contributed by atoms with Gasteiger partial charge in [0, 0.05) is 36.0 Å². The first-order valence-electron chi connectivity index (χ1n) is 10.5. The predicted molar refractivity (Wildman–Crippen MR) is 127 cm³/mol. The van der Waals surface area contributed by atoms with Crippen molar-refractivity contribution in [3.8, 4) is 0 Å². The Morgan fingerprint density at radius 2 is 1.69 bits per heavy atom. The van der Waals surface area contributed by atoms with Crippen molar-refractivity contribution in [1.29, 1.82) is 0 Å². The Morgan fingerprint density at radius 1 is 1.00 bits per heavy atom. The van der Waals surface area contributed by atoms with E-state index in [-0.39, 0.29) is 23.4 Å². The molecule has 32 heavy (non-hydrogen) atoms. The van der Waals surface area contributed by atoms with Crippen LogP contribution < -0.4 is 0 Å². The molecular weight excluding hydrogens is 490 g/mol. The van der Waals surface area contributed by atoms with Crippen LogP contribution in [0.25, 0.3) is 0 Å². The van der Waals surface area contributed by atoms with Crippen LogP contribution in [0.2, 0.25) is 0 Å². The summed E-state index contributed by atoms with van der Waals surface area (Å²) in [5.41, 5.74) is 1.99. The molecule has 0 atom stereocenters. The molecule has 0 spiro atoms. The Morgan fingerprint density at radius 3 is 2.28 bits per heavy atom. The molecule has 1 saturated carbocycles. The summed E-state index contributed by atoms with van der Waals surface area (Å²) in [5, 5.41) is 0. The minimum Gasteiger partial charge on any atom is -0.353 e. The Hall–Kier alpha value is -2.42. The van der Waals surface area contributed by atoms with E-state index in [0.717, 1.165) is 28.6 Å². The van der Waals surface area contributed by atoms with Crippen LogP contribution in [0.5, 0.6) is 0 Å². The lowest BCUT2D eigenvalue weighted by Gasteiger charge is -2.27. The summed E-state index contributed by atoms with van der Waals surface area (Å²) < 4.78 is 30.9. The molecule has 1 fully saturated rings. The van der Waals surface area contributed by atoms with E-state index in [0.29, 0.717) is 13.1 Å². The van der Waals surface area contributed by atoms with Crippen molar-refractivity contribution >= 4 is 31.9 Å². The highest BCUT2D eigenvalue weighted by molar-refractivity contribution is 9.10. The number of sulfonamides is 1. The number of benzene rings is 2. The van der Waals surface area contributed by atoms with Gasteiger partial charge in [0.15, 0.2) is 0 Å². The molecule has 1 aliphatic carbocycles. The average Bonchev–Trinajstić information content (AvgIpc) is 3.54. The van der Waals surface area contributed by atoms with Crippen molar-refractivity contribution in [2.45, 2.75) is 36.9 Å². The maximum atomic E-state index is 13.5. The first-order chi connectivity index (χ1) is 15.3. The Balaban J connectivity index is 1.58. The van der Waals surface area contributed by atoms with Crippen molar-refractivity contribution in [2.75, 3.05) is 6.54 Å². The average molecular weight is 516 g/mol. The number of hydrogen-bond acceptors (Lipinski definition) is 3. The first-order valence-corrected chi connectivity index (χ1v) is 12.8. The van der Waals surface area contributed by atoms with Crippen molar-refractivity contribution in [3.05, 3.63) is 88.7 Å². The molecule has 1 aliphatic rings. The van der Waals surface area contributed by atoms with Crippen molar-refractivity contribution in [2.24, 2.45) is 7.05 Å². The van der Waals surface area contributed by atoms with Crippen LogP contribution in [0.3, 0.4) is 0 Å². The molecule has 0 bridgehead atoms. The topological polar surface area (TPSA) is 62.6 Å². The quantitative estimate of drug-likeness (QED) is 0.429. The third-order valence-corrected chi connectivity index (χ3v) is 8.08. The number of hydrogen-bond donors (Lipinski definition) is 0. The summed E-state index contributed by atoms with van der Waals surface area (Å²) in [5.74, 6) is -0.206. The number of aromatic nitrogens is 1. The number of aryl methyl sites for hydroxylation is 1. The molecule has 4 rings (SSSR count). The highest BCUT2D eigenvalue weighted by Crippen LogP contribution is 2.32. The summed E-state index contributed by atoms with van der Waals surface area (Å²) >= 11 is 3.34. The zero-order valence-electron chi connectivity index (χ0n) is 17.9. The number of amides is 1. The molecule has 168 valence electrons. The van der Waals surface area contributed by atoms with Gasteiger partial charge in [0.25, 0.3) is 0 Å². The van der Waals surface area contributed by atoms with Gasteiger partial charge in [0.2, 0.25) is 15.9 Å². The van der Waals surface area contributed by atoms with Gasteiger partial charge in [-0.1, -0.05) is 46.3 Å². The molecule has 1 amide bonds. The van der Waals surface area contributed by atoms with E-state index in [4.69, 9.17) is 0 Å². The monoisotopic (exact) mass is 515 g/mol. The van der Waals surface area contributed by atoms with Gasteiger partial charge in [-0.3, -0.25) is 4.79 Å². The molecule has 1 aromatic heterocycles. The maximum Gasteiger partial charge on any atom is 0.243 e. The molecule has 1 heterocycles. The molecule has 0 saturated heterocycles. The fraction of sp³-hybridized carbons (Fsp3) is 0.292. The molecule has 0 N–H and O–H groups in total. The summed E-state index contributed by atoms with van der Waals surface area (Å²) in [4.78, 5) is 15.4. The van der Waals surface area contributed by atoms with E-state index in [9.17, 15) is 13.2 Å². The molecule has 3 aromatic rings. The van der Waals surface area contributed by atoms with Crippen LogP contribution in [0, 0.1) is 0 Å². The molecule has 0 unspecified atom stereocenters. The number of carbonyl (C=O) groups is 1. The van der Waals surface area contributed by atoms with Crippen LogP contribution in [0.15, 0.2) is 82.3 Å². The molecule has 0 aliphatic heterocycles. The second-order valence-electron chi connectivity index (χ2n) is 8.08. The number of carbonyl (C=O) groups excluding carboxylic acids is 1. The standard InChI is InChI=1S/C24H26BrN3O3S/c1-26-15-5-8-22(26)17-27(16-19-6-3-2-4-7-19)24(29)18-28(21-11-12-21)32(30,31)23-13-9-20(25)10-14-23/h2-10,13-15,21H,11-12,16-18H2,1H3. The predicted octanol–water partition coefficient (Wildman–Crippen LogP) is 4.17. The third kappa shape index (κ3) is 5.31. The molecule has 0 radical (unpaired) electrons. The number of nitrogens with zero attached hydrogens (tertiary/aromatic N) is 3. The van der Waals surface area contributed by atoms with Crippen LogP contribution in [0.4, 0.5) is 0 Å². The second kappa shape index (κ2) is 9.60. The zero-order valence-corrected chi connectivity index (χ0v) is 20.3. The molecule has 6 nitrogen and oxygen atoms in total. The fourth-order valence-electron chi connectivity index (χ4n) is 3.64. The minimum absolute atomic E-state index is 0.124. The van der Waals surface area contributed by atoms with E-state index in [1.165, 1.54) is 4.31 Å². The first kappa shape index (κ1) is 22.8. The summed E-state index contributed by atoms with van der Waals surface area (Å²) in [6.07, 6.45) is 3.49. The van der Waals surface area contributed by atoms with Crippen molar-refractivity contribution in [1.82, 2.24) is 13.8 Å². The van der Waals surface area contributed by atoms with Gasteiger partial charge in [-0.25, -0.2) is 8.42 Å². The minimum atomic E-state index is -3.77. The van der Waals surface area contributed by atoms with Gasteiger partial charge < -0.3 is 9.47 Å². The van der Waals surface area contributed by atoms with Gasteiger partial charge in [0.1, 0.15) is 0 Å². The fourth-order valence-corrected chi connectivity index (χ4v) is 5.54. The highest BCUT2D eigenvalue weighted by Gasteiger charge is 2.40. The maximum absolute atomic E-state index is 13.5. The largest absolute Gasteiger partial charge is 0.353 e. The van der Waals surface area contributed by atoms with E-state index in [2.05, 4.69) is 15.9 Å². The van der Waals surface area contributed by atoms with Gasteiger partial charge >= 0.3 is 0 Å². The van der Waals surface area contributed by atoms with Gasteiger partial charge in [-0.15, -0.1) is 0 Å². The lowest BCUT2D eigenvalue weighted by atomic mass is 10.2. The van der Waals surface area contributed by atoms with E-state index >= 15 is 0 Å². The second-order valence-corrected chi connectivity index (χ2v) is 10.9. The molecular formula is C24H26BrN3O3S. The van der Waals surface area contributed by atoms with Crippen LogP contribution in [-0.2, 0) is 35.0 Å². The lowest BCUT2D eigenvalue weighted by molar-refractivity contribution is -0.132. The summed E-state index contributed by atoms with van der Waals surface area (Å²) in [6, 6.07) is 20.1. The normalized spacial score (nSPS) is 14.0. The molecule has 8 heteroatoms. The van der Waals surface area contributed by atoms with Gasteiger partial charge in [-0.05, 0) is 54.8 Å². The summed E-state index contributed by atoms with van der Waals surface area (Å²) in [6.45, 7) is 0.663. The number of rotatable bonds is 9. The Labute approximate surface area is 197 Å². The van der Waals surface area contributed by atoms with E-state index in [1.807, 2.05) is 60.3 Å². The van der Waals surface area contributed by atoms with Crippen LogP contribution in [0.1, 0.15) is 24.1 Å². The van der Waals surface area contributed by atoms with Crippen LogP contribution >= 0.6 is 15.9 Å². The molecule has 2 aromatic carbocycles. The third-order valence-electron chi connectivity index (χ3n) is 5.64. The SMILES string of the molecule is Cn1cccc1CN(Cc1ccccc1)C(=O)CN(C1CC1)S(=O)(=O)c1ccc(Br)cc1. The van der Waals surface area contributed by atoms with Gasteiger partial charge in [0.05, 0.1) is 18.0 Å². The van der Waals surface area contributed by atoms with E-state index < -0.39 is 10.0 Å².